The number of rotatable bonds is 4. The summed E-state index contributed by atoms with van der Waals surface area (Å²) in [4.78, 5) is 16.2. The summed E-state index contributed by atoms with van der Waals surface area (Å²) >= 11 is 0. The first-order chi connectivity index (χ1) is 12.7. The monoisotopic (exact) mass is 351 g/mol. The van der Waals surface area contributed by atoms with Crippen LogP contribution in [0.2, 0.25) is 0 Å². The molecule has 0 bridgehead atoms. The van der Waals surface area contributed by atoms with Crippen molar-refractivity contribution >= 4 is 5.91 Å². The van der Waals surface area contributed by atoms with E-state index in [2.05, 4.69) is 15.4 Å². The zero-order chi connectivity index (χ0) is 17.9. The Balaban J connectivity index is 1.71. The molecule has 0 aliphatic carbocycles. The summed E-state index contributed by atoms with van der Waals surface area (Å²) in [5, 5.41) is 12.5. The molecule has 7 heteroatoms. The zero-order valence-corrected chi connectivity index (χ0v) is 14.1. The quantitative estimate of drug-likeness (QED) is 0.725. The molecule has 3 aromatic rings. The molecule has 1 aliphatic rings. The molecule has 6 nitrogen and oxygen atoms in total. The van der Waals surface area contributed by atoms with Gasteiger partial charge in [-0.15, -0.1) is 15.0 Å². The van der Waals surface area contributed by atoms with Crippen LogP contribution in [0.3, 0.4) is 0 Å². The minimum absolute atomic E-state index is 0.0445. The highest BCUT2D eigenvalue weighted by Gasteiger charge is 2.31. The van der Waals surface area contributed by atoms with Gasteiger partial charge in [-0.25, -0.2) is 4.39 Å². The van der Waals surface area contributed by atoms with Crippen molar-refractivity contribution in [3.05, 3.63) is 66.0 Å². The van der Waals surface area contributed by atoms with E-state index in [1.165, 1.54) is 16.9 Å². The van der Waals surface area contributed by atoms with Gasteiger partial charge in [0.2, 0.25) is 5.82 Å². The SMILES string of the molecule is O=C([C@H](c1ccccc1)n1nnc(-c2cccc(F)c2)n1)N1CCCC1. The van der Waals surface area contributed by atoms with Crippen LogP contribution >= 0.6 is 0 Å². The lowest BCUT2D eigenvalue weighted by Gasteiger charge is -2.22. The van der Waals surface area contributed by atoms with E-state index in [0.717, 1.165) is 31.5 Å². The highest BCUT2D eigenvalue weighted by molar-refractivity contribution is 5.83. The Morgan fingerprint density at radius 1 is 1.04 bits per heavy atom. The standard InChI is InChI=1S/C19H18FN5O/c20-16-10-6-9-15(13-16)18-21-23-25(22-18)17(14-7-2-1-3-8-14)19(26)24-11-4-5-12-24/h1-3,6-10,13,17H,4-5,11-12H2/t17-/m0/s1. The predicted molar refractivity (Wildman–Crippen MR) is 93.6 cm³/mol. The van der Waals surface area contributed by atoms with Gasteiger partial charge >= 0.3 is 0 Å². The number of aromatic nitrogens is 4. The predicted octanol–water partition coefficient (Wildman–Crippen LogP) is 2.69. The number of tetrazole rings is 1. The maximum Gasteiger partial charge on any atom is 0.254 e. The van der Waals surface area contributed by atoms with Gasteiger partial charge in [0, 0.05) is 18.7 Å². The third-order valence-electron chi connectivity index (χ3n) is 4.51. The molecule has 2 heterocycles. The largest absolute Gasteiger partial charge is 0.340 e. The van der Waals surface area contributed by atoms with Gasteiger partial charge in [-0.3, -0.25) is 4.79 Å². The molecule has 0 N–H and O–H groups in total. The molecule has 2 aromatic carbocycles. The molecule has 0 spiro atoms. The molecule has 1 saturated heterocycles. The average Bonchev–Trinajstić information content (AvgIpc) is 3.35. The number of halogens is 1. The van der Waals surface area contributed by atoms with Crippen LogP contribution in [0.1, 0.15) is 24.4 Å². The second-order valence-corrected chi connectivity index (χ2v) is 6.29. The molecule has 26 heavy (non-hydrogen) atoms. The average molecular weight is 351 g/mol. The molecule has 1 fully saturated rings. The number of carbonyl (C=O) groups is 1. The minimum atomic E-state index is -0.677. The van der Waals surface area contributed by atoms with E-state index in [-0.39, 0.29) is 11.7 Å². The fraction of sp³-hybridized carbons (Fsp3) is 0.263. The van der Waals surface area contributed by atoms with Gasteiger partial charge in [0.1, 0.15) is 5.82 Å². The molecule has 1 aliphatic heterocycles. The van der Waals surface area contributed by atoms with E-state index >= 15 is 0 Å². The number of benzene rings is 2. The lowest BCUT2D eigenvalue weighted by molar-refractivity contribution is -0.133. The summed E-state index contributed by atoms with van der Waals surface area (Å²) in [5.41, 5.74) is 1.32. The maximum atomic E-state index is 13.5. The van der Waals surface area contributed by atoms with Crippen molar-refractivity contribution in [1.82, 2.24) is 25.1 Å². The summed E-state index contributed by atoms with van der Waals surface area (Å²) in [5.74, 6) is -0.122. The van der Waals surface area contributed by atoms with Crippen LogP contribution in [0.4, 0.5) is 4.39 Å². The Morgan fingerprint density at radius 3 is 2.54 bits per heavy atom. The molecule has 1 atom stereocenters. The number of hydrogen-bond donors (Lipinski definition) is 0. The van der Waals surface area contributed by atoms with Gasteiger partial charge in [-0.1, -0.05) is 42.5 Å². The van der Waals surface area contributed by atoms with E-state index in [0.29, 0.717) is 11.4 Å². The van der Waals surface area contributed by atoms with Crippen molar-refractivity contribution in [3.63, 3.8) is 0 Å². The van der Waals surface area contributed by atoms with Crippen LogP contribution in [0.25, 0.3) is 11.4 Å². The third kappa shape index (κ3) is 3.20. The van der Waals surface area contributed by atoms with Gasteiger partial charge in [-0.05, 0) is 35.8 Å². The molecule has 0 unspecified atom stereocenters. The summed E-state index contributed by atoms with van der Waals surface area (Å²) in [6, 6.07) is 14.7. The van der Waals surface area contributed by atoms with Crippen LogP contribution < -0.4 is 0 Å². The van der Waals surface area contributed by atoms with E-state index < -0.39 is 6.04 Å². The van der Waals surface area contributed by atoms with Crippen molar-refractivity contribution in [2.75, 3.05) is 13.1 Å². The summed E-state index contributed by atoms with van der Waals surface area (Å²) in [6.07, 6.45) is 2.01. The molecular formula is C19H18FN5O. The Morgan fingerprint density at radius 2 is 1.81 bits per heavy atom. The van der Waals surface area contributed by atoms with E-state index in [4.69, 9.17) is 0 Å². The minimum Gasteiger partial charge on any atom is -0.340 e. The zero-order valence-electron chi connectivity index (χ0n) is 14.1. The van der Waals surface area contributed by atoms with Gasteiger partial charge in [-0.2, -0.15) is 0 Å². The second-order valence-electron chi connectivity index (χ2n) is 6.29. The normalized spacial score (nSPS) is 15.2. The fourth-order valence-electron chi connectivity index (χ4n) is 3.20. The topological polar surface area (TPSA) is 63.9 Å². The van der Waals surface area contributed by atoms with Crippen LogP contribution in [-0.2, 0) is 4.79 Å². The van der Waals surface area contributed by atoms with E-state index in [9.17, 15) is 9.18 Å². The number of hydrogen-bond acceptors (Lipinski definition) is 4. The first-order valence-electron chi connectivity index (χ1n) is 8.61. The van der Waals surface area contributed by atoms with E-state index in [1.54, 1.807) is 12.1 Å². The maximum absolute atomic E-state index is 13.5. The Hall–Kier alpha value is -3.09. The van der Waals surface area contributed by atoms with Crippen molar-refractivity contribution in [2.24, 2.45) is 0 Å². The van der Waals surface area contributed by atoms with Crippen LogP contribution in [0, 0.1) is 5.82 Å². The highest BCUT2D eigenvalue weighted by Crippen LogP contribution is 2.23. The molecule has 0 saturated carbocycles. The van der Waals surface area contributed by atoms with Crippen molar-refractivity contribution in [2.45, 2.75) is 18.9 Å². The number of carbonyl (C=O) groups excluding carboxylic acids is 1. The first-order valence-corrected chi connectivity index (χ1v) is 8.61. The Labute approximate surface area is 150 Å². The second kappa shape index (κ2) is 7.03. The molecular weight excluding hydrogens is 333 g/mol. The lowest BCUT2D eigenvalue weighted by Crippen LogP contribution is -2.36. The van der Waals surface area contributed by atoms with Crippen LogP contribution in [-0.4, -0.2) is 44.1 Å². The summed E-state index contributed by atoms with van der Waals surface area (Å²) < 4.78 is 13.5. The van der Waals surface area contributed by atoms with Gasteiger partial charge in [0.15, 0.2) is 6.04 Å². The Bertz CT molecular complexity index is 905. The van der Waals surface area contributed by atoms with Crippen LogP contribution in [0.5, 0.6) is 0 Å². The summed E-state index contributed by atoms with van der Waals surface area (Å²) in [6.45, 7) is 1.49. The first kappa shape index (κ1) is 16.4. The van der Waals surface area contributed by atoms with Gasteiger partial charge in [0.05, 0.1) is 0 Å². The van der Waals surface area contributed by atoms with E-state index in [1.807, 2.05) is 35.2 Å². The molecule has 1 amide bonds. The van der Waals surface area contributed by atoms with Crippen molar-refractivity contribution < 1.29 is 9.18 Å². The molecule has 0 radical (unpaired) electrons. The number of amides is 1. The molecule has 132 valence electrons. The van der Waals surface area contributed by atoms with Crippen LogP contribution in [0.15, 0.2) is 54.6 Å². The summed E-state index contributed by atoms with van der Waals surface area (Å²) in [7, 11) is 0. The van der Waals surface area contributed by atoms with Gasteiger partial charge < -0.3 is 4.90 Å². The fourth-order valence-corrected chi connectivity index (χ4v) is 3.20. The highest BCUT2D eigenvalue weighted by atomic mass is 19.1. The molecule has 1 aromatic heterocycles. The smallest absolute Gasteiger partial charge is 0.254 e. The third-order valence-corrected chi connectivity index (χ3v) is 4.51. The number of nitrogens with zero attached hydrogens (tertiary/aromatic N) is 5. The molecule has 4 rings (SSSR count). The van der Waals surface area contributed by atoms with Crippen molar-refractivity contribution in [3.8, 4) is 11.4 Å². The Kier molecular flexibility index (Phi) is 4.43. The van der Waals surface area contributed by atoms with Crippen molar-refractivity contribution in [1.29, 1.82) is 0 Å². The lowest BCUT2D eigenvalue weighted by atomic mass is 10.1. The number of likely N-dealkylation sites (tertiary alicyclic amines) is 1. The van der Waals surface area contributed by atoms with Gasteiger partial charge in [0.25, 0.3) is 5.91 Å².